The van der Waals surface area contributed by atoms with Crippen LogP contribution in [-0.4, -0.2) is 23.8 Å². The minimum absolute atomic E-state index is 0.228. The first kappa shape index (κ1) is 15.5. The van der Waals surface area contributed by atoms with Gasteiger partial charge < -0.3 is 15.7 Å². The van der Waals surface area contributed by atoms with Crippen molar-refractivity contribution >= 4 is 11.7 Å². The number of carbonyl (C=O) groups excluding carboxylic acids is 1. The molecule has 0 aromatic heterocycles. The van der Waals surface area contributed by atoms with Crippen LogP contribution in [0.4, 0.5) is 10.5 Å². The Kier molecular flexibility index (Phi) is 6.36. The number of hydrogen-bond acceptors (Lipinski definition) is 2. The number of rotatable bonds is 6. The topological polar surface area (TPSA) is 61.4 Å². The van der Waals surface area contributed by atoms with E-state index in [4.69, 9.17) is 0 Å². The van der Waals surface area contributed by atoms with Crippen LogP contribution in [0.1, 0.15) is 37.8 Å². The van der Waals surface area contributed by atoms with E-state index in [-0.39, 0.29) is 12.1 Å². The molecular weight excluding hydrogens is 240 g/mol. The van der Waals surface area contributed by atoms with Crippen molar-refractivity contribution < 1.29 is 9.90 Å². The number of urea groups is 1. The molecule has 3 N–H and O–H groups in total. The summed E-state index contributed by atoms with van der Waals surface area (Å²) >= 11 is 0. The van der Waals surface area contributed by atoms with E-state index < -0.39 is 0 Å². The van der Waals surface area contributed by atoms with Gasteiger partial charge in [0.05, 0.1) is 6.10 Å². The van der Waals surface area contributed by atoms with Crippen molar-refractivity contribution in [3.63, 3.8) is 0 Å². The fourth-order valence-electron chi connectivity index (χ4n) is 1.86. The Morgan fingerprint density at radius 2 is 2.11 bits per heavy atom. The third kappa shape index (κ3) is 5.30. The SMILES string of the molecule is CCc1cc(NC(=O)NCCC(O)CC)ccc1C. The fraction of sp³-hybridized carbons (Fsp3) is 0.533. The lowest BCUT2D eigenvalue weighted by Crippen LogP contribution is -2.31. The zero-order chi connectivity index (χ0) is 14.3. The zero-order valence-corrected chi connectivity index (χ0v) is 12.0. The standard InChI is InChI=1S/C15H24N2O2/c1-4-12-10-13(7-6-11(12)3)17-15(19)16-9-8-14(18)5-2/h6-7,10,14,18H,4-5,8-9H2,1-3H3,(H2,16,17,19). The molecule has 0 radical (unpaired) electrons. The molecule has 2 amide bonds. The molecule has 0 aliphatic carbocycles. The average molecular weight is 264 g/mol. The molecule has 0 spiro atoms. The molecule has 1 aromatic rings. The Balaban J connectivity index is 2.44. The highest BCUT2D eigenvalue weighted by Crippen LogP contribution is 2.15. The zero-order valence-electron chi connectivity index (χ0n) is 12.0. The molecule has 4 heteroatoms. The smallest absolute Gasteiger partial charge is 0.319 e. The summed E-state index contributed by atoms with van der Waals surface area (Å²) in [6.45, 7) is 6.56. The molecule has 4 nitrogen and oxygen atoms in total. The van der Waals surface area contributed by atoms with Crippen molar-refractivity contribution in [2.24, 2.45) is 0 Å². The van der Waals surface area contributed by atoms with Crippen molar-refractivity contribution in [1.82, 2.24) is 5.32 Å². The number of aryl methyl sites for hydroxylation is 2. The van der Waals surface area contributed by atoms with Gasteiger partial charge in [-0.25, -0.2) is 4.79 Å². The molecule has 1 aromatic carbocycles. The number of benzene rings is 1. The summed E-state index contributed by atoms with van der Waals surface area (Å²) in [5, 5.41) is 14.9. The summed E-state index contributed by atoms with van der Waals surface area (Å²) in [6, 6.07) is 5.68. The highest BCUT2D eigenvalue weighted by Gasteiger charge is 2.05. The predicted octanol–water partition coefficient (Wildman–Crippen LogP) is 2.84. The summed E-state index contributed by atoms with van der Waals surface area (Å²) in [6.07, 6.45) is 1.90. The van der Waals surface area contributed by atoms with Crippen LogP contribution < -0.4 is 10.6 Å². The number of amides is 2. The number of nitrogens with one attached hydrogen (secondary N) is 2. The van der Waals surface area contributed by atoms with E-state index in [9.17, 15) is 9.90 Å². The molecule has 1 atom stereocenters. The molecule has 1 unspecified atom stereocenters. The van der Waals surface area contributed by atoms with Crippen LogP contribution in [0, 0.1) is 6.92 Å². The molecule has 0 saturated carbocycles. The lowest BCUT2D eigenvalue weighted by atomic mass is 10.1. The predicted molar refractivity (Wildman–Crippen MR) is 78.5 cm³/mol. The van der Waals surface area contributed by atoms with Gasteiger partial charge in [-0.2, -0.15) is 0 Å². The first-order chi connectivity index (χ1) is 9.06. The van der Waals surface area contributed by atoms with Gasteiger partial charge in [0, 0.05) is 12.2 Å². The maximum absolute atomic E-state index is 11.7. The Morgan fingerprint density at radius 1 is 1.37 bits per heavy atom. The van der Waals surface area contributed by atoms with Gasteiger partial charge in [-0.1, -0.05) is 19.9 Å². The highest BCUT2D eigenvalue weighted by molar-refractivity contribution is 5.89. The molecule has 1 rings (SSSR count). The second-order valence-corrected chi connectivity index (χ2v) is 4.73. The van der Waals surface area contributed by atoms with Gasteiger partial charge in [-0.05, 0) is 49.4 Å². The number of carbonyl (C=O) groups is 1. The van der Waals surface area contributed by atoms with Crippen LogP contribution >= 0.6 is 0 Å². The summed E-state index contributed by atoms with van der Waals surface area (Å²) in [4.78, 5) is 11.7. The Morgan fingerprint density at radius 3 is 2.74 bits per heavy atom. The van der Waals surface area contributed by atoms with Gasteiger partial charge >= 0.3 is 6.03 Å². The number of aliphatic hydroxyl groups excluding tert-OH is 1. The monoisotopic (exact) mass is 264 g/mol. The van der Waals surface area contributed by atoms with E-state index in [0.717, 1.165) is 12.1 Å². The fourth-order valence-corrected chi connectivity index (χ4v) is 1.86. The van der Waals surface area contributed by atoms with Gasteiger partial charge in [0.25, 0.3) is 0 Å². The Labute approximate surface area is 115 Å². The van der Waals surface area contributed by atoms with Crippen LogP contribution in [0.3, 0.4) is 0 Å². The van der Waals surface area contributed by atoms with E-state index in [1.54, 1.807) is 0 Å². The summed E-state index contributed by atoms with van der Waals surface area (Å²) in [5.74, 6) is 0. The number of aliphatic hydroxyl groups is 1. The minimum Gasteiger partial charge on any atom is -0.393 e. The van der Waals surface area contributed by atoms with Crippen LogP contribution in [0.5, 0.6) is 0 Å². The van der Waals surface area contributed by atoms with Crippen LogP contribution in [0.25, 0.3) is 0 Å². The maximum atomic E-state index is 11.7. The third-order valence-electron chi connectivity index (χ3n) is 3.22. The van der Waals surface area contributed by atoms with Gasteiger partial charge in [0.2, 0.25) is 0 Å². The van der Waals surface area contributed by atoms with E-state index in [1.807, 2.05) is 25.1 Å². The van der Waals surface area contributed by atoms with Gasteiger partial charge in [-0.3, -0.25) is 0 Å². The van der Waals surface area contributed by atoms with Crippen molar-refractivity contribution in [1.29, 1.82) is 0 Å². The molecule has 0 aliphatic heterocycles. The Bertz CT molecular complexity index is 419. The molecule has 0 fully saturated rings. The van der Waals surface area contributed by atoms with Crippen molar-refractivity contribution in [2.45, 2.75) is 46.1 Å². The van der Waals surface area contributed by atoms with Crippen molar-refractivity contribution in [2.75, 3.05) is 11.9 Å². The highest BCUT2D eigenvalue weighted by atomic mass is 16.3. The van der Waals surface area contributed by atoms with Gasteiger partial charge in [-0.15, -0.1) is 0 Å². The number of hydrogen-bond donors (Lipinski definition) is 3. The molecule has 0 aliphatic rings. The van der Waals surface area contributed by atoms with Crippen molar-refractivity contribution in [3.8, 4) is 0 Å². The first-order valence-electron chi connectivity index (χ1n) is 6.89. The molecular formula is C15H24N2O2. The summed E-state index contributed by atoms with van der Waals surface area (Å²) in [5.41, 5.74) is 3.27. The van der Waals surface area contributed by atoms with E-state index in [0.29, 0.717) is 19.4 Å². The third-order valence-corrected chi connectivity index (χ3v) is 3.22. The normalized spacial score (nSPS) is 12.0. The average Bonchev–Trinajstić information content (AvgIpc) is 2.40. The lowest BCUT2D eigenvalue weighted by Gasteiger charge is -2.11. The van der Waals surface area contributed by atoms with E-state index in [1.165, 1.54) is 11.1 Å². The maximum Gasteiger partial charge on any atom is 0.319 e. The number of anilines is 1. The lowest BCUT2D eigenvalue weighted by molar-refractivity contribution is 0.160. The second kappa shape index (κ2) is 7.79. The molecule has 0 bridgehead atoms. The first-order valence-corrected chi connectivity index (χ1v) is 6.89. The molecule has 0 saturated heterocycles. The van der Waals surface area contributed by atoms with Crippen LogP contribution in [-0.2, 0) is 6.42 Å². The second-order valence-electron chi connectivity index (χ2n) is 4.73. The van der Waals surface area contributed by atoms with Crippen LogP contribution in [0.15, 0.2) is 18.2 Å². The van der Waals surface area contributed by atoms with E-state index in [2.05, 4.69) is 24.5 Å². The van der Waals surface area contributed by atoms with Gasteiger partial charge in [0.1, 0.15) is 0 Å². The quantitative estimate of drug-likeness (QED) is 0.740. The largest absolute Gasteiger partial charge is 0.393 e. The minimum atomic E-state index is -0.341. The molecule has 106 valence electrons. The van der Waals surface area contributed by atoms with Crippen LogP contribution in [0.2, 0.25) is 0 Å². The Hall–Kier alpha value is -1.55. The van der Waals surface area contributed by atoms with E-state index >= 15 is 0 Å². The van der Waals surface area contributed by atoms with Crippen molar-refractivity contribution in [3.05, 3.63) is 29.3 Å². The summed E-state index contributed by atoms with van der Waals surface area (Å²) < 4.78 is 0. The molecule has 19 heavy (non-hydrogen) atoms. The summed E-state index contributed by atoms with van der Waals surface area (Å²) in [7, 11) is 0. The molecule has 0 heterocycles. The van der Waals surface area contributed by atoms with Gasteiger partial charge in [0.15, 0.2) is 0 Å².